The quantitative estimate of drug-likeness (QED) is 0.744. The fourth-order valence-electron chi connectivity index (χ4n) is 3.11. The predicted octanol–water partition coefficient (Wildman–Crippen LogP) is 1.76. The van der Waals surface area contributed by atoms with Crippen molar-refractivity contribution in [1.82, 2.24) is 0 Å². The molecule has 2 bridgehead atoms. The first-order valence-electron chi connectivity index (χ1n) is 6.34. The SMILES string of the molecule is c1ccc(CO[C@@H]2[C@H]3CO[C@@H]2[C@H]2O[C@H]2C3)cc1. The zero-order chi connectivity index (χ0) is 11.2. The number of ether oxygens (including phenoxy) is 3. The Bertz CT molecular complexity index is 405. The van der Waals surface area contributed by atoms with Gasteiger partial charge < -0.3 is 14.2 Å². The lowest BCUT2D eigenvalue weighted by atomic mass is 9.87. The molecule has 17 heavy (non-hydrogen) atoms. The van der Waals surface area contributed by atoms with Crippen molar-refractivity contribution in [2.45, 2.75) is 37.4 Å². The topological polar surface area (TPSA) is 31.0 Å². The molecule has 3 heteroatoms. The minimum absolute atomic E-state index is 0.183. The van der Waals surface area contributed by atoms with Crippen molar-refractivity contribution in [2.75, 3.05) is 6.61 Å². The van der Waals surface area contributed by atoms with E-state index in [1.54, 1.807) is 0 Å². The van der Waals surface area contributed by atoms with Crippen LogP contribution in [0.1, 0.15) is 12.0 Å². The van der Waals surface area contributed by atoms with Gasteiger partial charge in [0.25, 0.3) is 0 Å². The second-order valence-corrected chi connectivity index (χ2v) is 5.19. The molecule has 1 aromatic carbocycles. The van der Waals surface area contributed by atoms with Crippen molar-refractivity contribution >= 4 is 0 Å². The maximum absolute atomic E-state index is 6.05. The van der Waals surface area contributed by atoms with Crippen LogP contribution in [0.4, 0.5) is 0 Å². The number of rotatable bonds is 3. The second-order valence-electron chi connectivity index (χ2n) is 5.19. The number of hydrogen-bond acceptors (Lipinski definition) is 3. The molecule has 1 saturated carbocycles. The molecule has 90 valence electrons. The molecule has 3 nitrogen and oxygen atoms in total. The molecular weight excluding hydrogens is 216 g/mol. The number of hydrogen-bond donors (Lipinski definition) is 0. The molecule has 1 aromatic rings. The van der Waals surface area contributed by atoms with Crippen LogP contribution in [0.3, 0.4) is 0 Å². The Balaban J connectivity index is 1.43. The third kappa shape index (κ3) is 1.69. The zero-order valence-electron chi connectivity index (χ0n) is 9.62. The summed E-state index contributed by atoms with van der Waals surface area (Å²) in [6, 6.07) is 10.3. The Hall–Kier alpha value is -0.900. The van der Waals surface area contributed by atoms with Crippen molar-refractivity contribution in [1.29, 1.82) is 0 Å². The molecule has 0 N–H and O–H groups in total. The van der Waals surface area contributed by atoms with Crippen molar-refractivity contribution in [3.63, 3.8) is 0 Å². The molecular formula is C14H16O3. The van der Waals surface area contributed by atoms with Crippen molar-refractivity contribution in [3.8, 4) is 0 Å². The molecule has 3 fully saturated rings. The number of fused-ring (bicyclic) bond motifs is 4. The van der Waals surface area contributed by atoms with Gasteiger partial charge >= 0.3 is 0 Å². The van der Waals surface area contributed by atoms with Gasteiger partial charge in [-0.3, -0.25) is 0 Å². The van der Waals surface area contributed by atoms with E-state index >= 15 is 0 Å². The minimum atomic E-state index is 0.183. The molecule has 2 heterocycles. The standard InChI is InChI=1S/C14H16O3/c1-2-4-9(5-3-1)7-15-12-10-6-11-13(17-11)14(12)16-8-10/h1-5,10-14H,6-8H2/t10-,11+,12-,13+,14+/m1/s1. The van der Waals surface area contributed by atoms with E-state index < -0.39 is 0 Å². The van der Waals surface area contributed by atoms with Gasteiger partial charge in [0, 0.05) is 5.92 Å². The highest BCUT2D eigenvalue weighted by molar-refractivity contribution is 5.14. The van der Waals surface area contributed by atoms with E-state index in [2.05, 4.69) is 12.1 Å². The minimum Gasteiger partial charge on any atom is -0.372 e. The smallest absolute Gasteiger partial charge is 0.113 e. The Morgan fingerprint density at radius 1 is 1.18 bits per heavy atom. The van der Waals surface area contributed by atoms with E-state index in [0.29, 0.717) is 24.7 Å². The summed E-state index contributed by atoms with van der Waals surface area (Å²) in [6.45, 7) is 1.53. The highest BCUT2D eigenvalue weighted by Gasteiger charge is 2.59. The zero-order valence-corrected chi connectivity index (χ0v) is 9.62. The number of epoxide rings is 1. The van der Waals surface area contributed by atoms with Crippen LogP contribution in [0.15, 0.2) is 30.3 Å². The summed E-state index contributed by atoms with van der Waals surface area (Å²) in [6.07, 6.45) is 2.31. The van der Waals surface area contributed by atoms with Crippen LogP contribution < -0.4 is 0 Å². The van der Waals surface area contributed by atoms with Crippen LogP contribution >= 0.6 is 0 Å². The van der Waals surface area contributed by atoms with Crippen molar-refractivity contribution < 1.29 is 14.2 Å². The summed E-state index contributed by atoms with van der Waals surface area (Å²) in [7, 11) is 0. The van der Waals surface area contributed by atoms with Gasteiger partial charge in [0.1, 0.15) is 12.2 Å². The summed E-state index contributed by atoms with van der Waals surface area (Å²) in [5, 5.41) is 0. The van der Waals surface area contributed by atoms with Crippen LogP contribution in [0.25, 0.3) is 0 Å². The van der Waals surface area contributed by atoms with Crippen LogP contribution in [0.2, 0.25) is 0 Å². The van der Waals surface area contributed by atoms with Gasteiger partial charge in [-0.25, -0.2) is 0 Å². The van der Waals surface area contributed by atoms with Crippen LogP contribution in [0, 0.1) is 5.92 Å². The molecule has 2 aliphatic heterocycles. The first kappa shape index (κ1) is 10.1. The third-order valence-corrected chi connectivity index (χ3v) is 4.06. The van der Waals surface area contributed by atoms with E-state index in [1.807, 2.05) is 18.2 Å². The lowest BCUT2D eigenvalue weighted by molar-refractivity contribution is -0.0399. The summed E-state index contributed by atoms with van der Waals surface area (Å²) in [4.78, 5) is 0. The fourth-order valence-corrected chi connectivity index (χ4v) is 3.11. The Morgan fingerprint density at radius 3 is 2.94 bits per heavy atom. The molecule has 0 unspecified atom stereocenters. The summed E-state index contributed by atoms with van der Waals surface area (Å²) >= 11 is 0. The van der Waals surface area contributed by atoms with E-state index in [4.69, 9.17) is 14.2 Å². The maximum Gasteiger partial charge on any atom is 0.113 e. The molecule has 0 aromatic heterocycles. The lowest BCUT2D eigenvalue weighted by Crippen LogP contribution is -2.38. The highest BCUT2D eigenvalue weighted by atomic mass is 16.6. The van der Waals surface area contributed by atoms with Gasteiger partial charge in [-0.2, -0.15) is 0 Å². The van der Waals surface area contributed by atoms with E-state index in [0.717, 1.165) is 13.0 Å². The van der Waals surface area contributed by atoms with E-state index in [1.165, 1.54) is 5.56 Å². The van der Waals surface area contributed by atoms with Crippen LogP contribution in [0.5, 0.6) is 0 Å². The summed E-state index contributed by atoms with van der Waals surface area (Å²) in [5.74, 6) is 0.535. The Labute approximate surface area is 101 Å². The monoisotopic (exact) mass is 232 g/mol. The molecule has 0 radical (unpaired) electrons. The molecule has 3 aliphatic rings. The van der Waals surface area contributed by atoms with Gasteiger partial charge in [0.2, 0.25) is 0 Å². The van der Waals surface area contributed by atoms with Gasteiger partial charge in [-0.1, -0.05) is 30.3 Å². The molecule has 4 rings (SSSR count). The average Bonchev–Trinajstić information content (AvgIpc) is 3.06. The van der Waals surface area contributed by atoms with E-state index in [9.17, 15) is 0 Å². The van der Waals surface area contributed by atoms with Gasteiger partial charge in [-0.15, -0.1) is 0 Å². The Kier molecular flexibility index (Phi) is 2.25. The molecule has 1 aliphatic carbocycles. The van der Waals surface area contributed by atoms with Crippen LogP contribution in [-0.4, -0.2) is 31.0 Å². The lowest BCUT2D eigenvalue weighted by Gasteiger charge is -2.25. The average molecular weight is 232 g/mol. The van der Waals surface area contributed by atoms with Crippen LogP contribution in [-0.2, 0) is 20.8 Å². The van der Waals surface area contributed by atoms with Crippen molar-refractivity contribution in [2.24, 2.45) is 5.92 Å². The normalized spacial score (nSPS) is 42.2. The molecule has 5 atom stereocenters. The molecule has 2 saturated heterocycles. The highest BCUT2D eigenvalue weighted by Crippen LogP contribution is 2.46. The number of benzene rings is 1. The molecule has 0 amide bonds. The molecule has 0 spiro atoms. The summed E-state index contributed by atoms with van der Waals surface area (Å²) < 4.78 is 17.4. The first-order chi connectivity index (χ1) is 8.42. The van der Waals surface area contributed by atoms with E-state index in [-0.39, 0.29) is 12.2 Å². The second kappa shape index (κ2) is 3.80. The fraction of sp³-hybridized carbons (Fsp3) is 0.571. The van der Waals surface area contributed by atoms with Gasteiger partial charge in [0.05, 0.1) is 25.4 Å². The third-order valence-electron chi connectivity index (χ3n) is 4.06. The van der Waals surface area contributed by atoms with Crippen molar-refractivity contribution in [3.05, 3.63) is 35.9 Å². The first-order valence-corrected chi connectivity index (χ1v) is 6.34. The predicted molar refractivity (Wildman–Crippen MR) is 61.5 cm³/mol. The van der Waals surface area contributed by atoms with Gasteiger partial charge in [-0.05, 0) is 12.0 Å². The maximum atomic E-state index is 6.05. The van der Waals surface area contributed by atoms with Gasteiger partial charge in [0.15, 0.2) is 0 Å². The summed E-state index contributed by atoms with van der Waals surface area (Å²) in [5.41, 5.74) is 1.23. The Morgan fingerprint density at radius 2 is 2.06 bits per heavy atom. The largest absolute Gasteiger partial charge is 0.372 e.